The van der Waals surface area contributed by atoms with Crippen LogP contribution in [-0.4, -0.2) is 33.4 Å². The highest BCUT2D eigenvalue weighted by molar-refractivity contribution is 6.09. The number of aromatic nitrogens is 2. The van der Waals surface area contributed by atoms with Gasteiger partial charge in [0.25, 0.3) is 5.91 Å². The molecular formula is C14H15N3O4. The molecule has 0 fully saturated rings. The molecule has 0 aliphatic heterocycles. The summed E-state index contributed by atoms with van der Waals surface area (Å²) < 4.78 is 6.59. The lowest BCUT2D eigenvalue weighted by Gasteiger charge is -2.06. The lowest BCUT2D eigenvalue weighted by atomic mass is 10.2. The Bertz CT molecular complexity index is 661. The summed E-state index contributed by atoms with van der Waals surface area (Å²) in [6.45, 7) is 2.44. The number of carboxylic acids is 1. The first-order chi connectivity index (χ1) is 10.0. The molecule has 0 saturated heterocycles. The Morgan fingerprint density at radius 3 is 2.57 bits per heavy atom. The maximum absolute atomic E-state index is 12.1. The predicted octanol–water partition coefficient (Wildman–Crippen LogP) is 1.77. The van der Waals surface area contributed by atoms with Gasteiger partial charge in [-0.2, -0.15) is 5.10 Å². The van der Waals surface area contributed by atoms with Gasteiger partial charge in [0.15, 0.2) is 5.69 Å². The van der Waals surface area contributed by atoms with Gasteiger partial charge in [0.2, 0.25) is 0 Å². The van der Waals surface area contributed by atoms with Crippen molar-refractivity contribution in [2.45, 2.75) is 6.92 Å². The number of benzene rings is 1. The molecule has 7 heteroatoms. The van der Waals surface area contributed by atoms with Crippen LogP contribution >= 0.6 is 0 Å². The quantitative estimate of drug-likeness (QED) is 0.875. The Hall–Kier alpha value is -2.83. The van der Waals surface area contributed by atoms with Gasteiger partial charge in [0, 0.05) is 18.9 Å². The van der Waals surface area contributed by atoms with Gasteiger partial charge < -0.3 is 15.2 Å². The monoisotopic (exact) mass is 289 g/mol. The molecule has 0 aliphatic rings. The number of aromatic carboxylic acids is 1. The number of nitrogens with one attached hydrogen (secondary N) is 1. The minimum absolute atomic E-state index is 0.126. The van der Waals surface area contributed by atoms with E-state index in [4.69, 9.17) is 9.84 Å². The summed E-state index contributed by atoms with van der Waals surface area (Å²) in [5.41, 5.74) is 0.269. The van der Waals surface area contributed by atoms with Crippen molar-refractivity contribution in [1.82, 2.24) is 9.78 Å². The van der Waals surface area contributed by atoms with E-state index in [-0.39, 0.29) is 11.3 Å². The van der Waals surface area contributed by atoms with Gasteiger partial charge in [0.05, 0.1) is 6.61 Å². The molecule has 0 radical (unpaired) electrons. The van der Waals surface area contributed by atoms with Gasteiger partial charge in [-0.25, -0.2) is 4.79 Å². The van der Waals surface area contributed by atoms with Crippen LogP contribution in [-0.2, 0) is 7.05 Å². The van der Waals surface area contributed by atoms with Crippen LogP contribution in [0, 0.1) is 0 Å². The zero-order valence-corrected chi connectivity index (χ0v) is 11.7. The second-order valence-corrected chi connectivity index (χ2v) is 4.28. The Morgan fingerprint density at radius 2 is 2.00 bits per heavy atom. The van der Waals surface area contributed by atoms with Crippen LogP contribution in [0.1, 0.15) is 27.8 Å². The predicted molar refractivity (Wildman–Crippen MR) is 75.7 cm³/mol. The van der Waals surface area contributed by atoms with E-state index in [2.05, 4.69) is 10.4 Å². The normalized spacial score (nSPS) is 10.2. The number of hydrogen-bond donors (Lipinski definition) is 2. The molecule has 2 N–H and O–H groups in total. The van der Waals surface area contributed by atoms with Crippen molar-refractivity contribution in [3.05, 3.63) is 41.7 Å². The number of aryl methyl sites for hydroxylation is 1. The fourth-order valence-electron chi connectivity index (χ4n) is 1.80. The van der Waals surface area contributed by atoms with Crippen LogP contribution < -0.4 is 10.1 Å². The number of nitrogens with zero attached hydrogens (tertiary/aromatic N) is 2. The molecule has 21 heavy (non-hydrogen) atoms. The molecular weight excluding hydrogens is 274 g/mol. The number of ether oxygens (including phenoxy) is 1. The highest BCUT2D eigenvalue weighted by Gasteiger charge is 2.21. The van der Waals surface area contributed by atoms with Crippen LogP contribution in [0.25, 0.3) is 0 Å². The third-order valence-corrected chi connectivity index (χ3v) is 2.70. The lowest BCUT2D eigenvalue weighted by Crippen LogP contribution is -2.16. The largest absolute Gasteiger partial charge is 0.494 e. The van der Waals surface area contributed by atoms with Gasteiger partial charge in [0.1, 0.15) is 11.3 Å². The Balaban J connectivity index is 2.16. The van der Waals surface area contributed by atoms with E-state index in [1.165, 1.54) is 10.9 Å². The van der Waals surface area contributed by atoms with E-state index >= 15 is 0 Å². The molecule has 0 atom stereocenters. The number of carbonyl (C=O) groups is 2. The smallest absolute Gasteiger partial charge is 0.339 e. The van der Waals surface area contributed by atoms with E-state index in [0.29, 0.717) is 18.0 Å². The van der Waals surface area contributed by atoms with Crippen LogP contribution in [0.5, 0.6) is 5.75 Å². The van der Waals surface area contributed by atoms with Crippen molar-refractivity contribution < 1.29 is 19.4 Å². The Kier molecular flexibility index (Phi) is 4.22. The van der Waals surface area contributed by atoms with Gasteiger partial charge in [-0.3, -0.25) is 9.48 Å². The minimum atomic E-state index is -1.19. The molecule has 0 unspecified atom stereocenters. The van der Waals surface area contributed by atoms with Crippen molar-refractivity contribution in [2.75, 3.05) is 11.9 Å². The maximum atomic E-state index is 12.1. The summed E-state index contributed by atoms with van der Waals surface area (Å²) in [5, 5.41) is 15.5. The molecule has 7 nitrogen and oxygen atoms in total. The zero-order valence-electron chi connectivity index (χ0n) is 11.7. The zero-order chi connectivity index (χ0) is 15.4. The lowest BCUT2D eigenvalue weighted by molar-refractivity contribution is 0.0692. The molecule has 0 bridgehead atoms. The van der Waals surface area contributed by atoms with Gasteiger partial charge in [-0.1, -0.05) is 0 Å². The number of anilines is 1. The average Bonchev–Trinajstić information content (AvgIpc) is 2.84. The number of carboxylic acid groups (broad SMARTS) is 1. The van der Waals surface area contributed by atoms with Crippen molar-refractivity contribution in [3.8, 4) is 5.75 Å². The number of rotatable bonds is 5. The van der Waals surface area contributed by atoms with Crippen molar-refractivity contribution in [2.24, 2.45) is 7.05 Å². The minimum Gasteiger partial charge on any atom is -0.494 e. The van der Waals surface area contributed by atoms with Crippen LogP contribution in [0.4, 0.5) is 5.69 Å². The summed E-state index contributed by atoms with van der Waals surface area (Å²) in [7, 11) is 1.56. The average molecular weight is 289 g/mol. The first kappa shape index (κ1) is 14.6. The third kappa shape index (κ3) is 3.38. The van der Waals surface area contributed by atoms with E-state index in [9.17, 15) is 9.59 Å². The summed E-state index contributed by atoms with van der Waals surface area (Å²) in [6, 6.07) is 6.78. The summed E-state index contributed by atoms with van der Waals surface area (Å²) in [6.07, 6.45) is 1.29. The van der Waals surface area contributed by atoms with Crippen LogP contribution in [0.15, 0.2) is 30.5 Å². The summed E-state index contributed by atoms with van der Waals surface area (Å²) >= 11 is 0. The topological polar surface area (TPSA) is 93.5 Å². The third-order valence-electron chi connectivity index (χ3n) is 2.70. The number of hydrogen-bond acceptors (Lipinski definition) is 4. The molecule has 1 aromatic carbocycles. The second-order valence-electron chi connectivity index (χ2n) is 4.28. The van der Waals surface area contributed by atoms with Crippen molar-refractivity contribution in [3.63, 3.8) is 0 Å². The van der Waals surface area contributed by atoms with Crippen LogP contribution in [0.3, 0.4) is 0 Å². The fraction of sp³-hybridized carbons (Fsp3) is 0.214. The number of amides is 1. The molecule has 1 amide bonds. The molecule has 1 aromatic heterocycles. The molecule has 0 aliphatic carbocycles. The summed E-state index contributed by atoms with van der Waals surface area (Å²) in [4.78, 5) is 23.1. The highest BCUT2D eigenvalue weighted by Crippen LogP contribution is 2.17. The molecule has 110 valence electrons. The van der Waals surface area contributed by atoms with Crippen molar-refractivity contribution >= 4 is 17.6 Å². The first-order valence-electron chi connectivity index (χ1n) is 6.32. The van der Waals surface area contributed by atoms with Gasteiger partial charge >= 0.3 is 5.97 Å². The molecule has 0 spiro atoms. The van der Waals surface area contributed by atoms with Crippen molar-refractivity contribution in [1.29, 1.82) is 0 Å². The molecule has 2 rings (SSSR count). The second kappa shape index (κ2) is 6.08. The van der Waals surface area contributed by atoms with E-state index in [0.717, 1.165) is 0 Å². The Labute approximate surface area is 121 Å². The number of carbonyl (C=O) groups excluding carboxylic acids is 1. The SMILES string of the molecule is CCOc1ccc(NC(=O)c2nn(C)cc2C(=O)O)cc1. The highest BCUT2D eigenvalue weighted by atomic mass is 16.5. The standard InChI is InChI=1S/C14H15N3O4/c1-3-21-10-6-4-9(5-7-10)15-13(18)12-11(14(19)20)8-17(2)16-12/h4-8H,3H2,1-2H3,(H,15,18)(H,19,20). The van der Waals surface area contributed by atoms with Gasteiger partial charge in [-0.15, -0.1) is 0 Å². The molecule has 1 heterocycles. The van der Waals surface area contributed by atoms with E-state index in [1.54, 1.807) is 31.3 Å². The van der Waals surface area contributed by atoms with E-state index < -0.39 is 11.9 Å². The molecule has 2 aromatic rings. The van der Waals surface area contributed by atoms with Crippen LogP contribution in [0.2, 0.25) is 0 Å². The Morgan fingerprint density at radius 1 is 1.33 bits per heavy atom. The maximum Gasteiger partial charge on any atom is 0.339 e. The van der Waals surface area contributed by atoms with E-state index in [1.807, 2.05) is 6.92 Å². The summed E-state index contributed by atoms with van der Waals surface area (Å²) in [5.74, 6) is -1.07. The first-order valence-corrected chi connectivity index (χ1v) is 6.32. The van der Waals surface area contributed by atoms with Gasteiger partial charge in [-0.05, 0) is 31.2 Å². The fourth-order valence-corrected chi connectivity index (χ4v) is 1.80. The molecule has 0 saturated carbocycles.